The molecular weight excluding hydrogens is 460 g/mol. The number of rotatable bonds is 6. The highest BCUT2D eigenvalue weighted by Gasteiger charge is 2.28. The molecule has 1 saturated heterocycles. The summed E-state index contributed by atoms with van der Waals surface area (Å²) in [7, 11) is -3.78. The molecule has 1 amide bonds. The van der Waals surface area contributed by atoms with Gasteiger partial charge in [-0.05, 0) is 30.3 Å². The van der Waals surface area contributed by atoms with E-state index in [2.05, 4.69) is 15.3 Å². The molecule has 0 unspecified atom stereocenters. The van der Waals surface area contributed by atoms with Crippen molar-refractivity contribution in [3.63, 3.8) is 0 Å². The second-order valence-electron chi connectivity index (χ2n) is 6.77. The number of carbonyl (C=O) groups is 1. The zero-order chi connectivity index (χ0) is 21.8. The van der Waals surface area contributed by atoms with E-state index in [-0.39, 0.29) is 35.3 Å². The zero-order valence-electron chi connectivity index (χ0n) is 16.3. The molecule has 31 heavy (non-hydrogen) atoms. The van der Waals surface area contributed by atoms with Gasteiger partial charge in [0.15, 0.2) is 0 Å². The maximum absolute atomic E-state index is 12.9. The van der Waals surface area contributed by atoms with Crippen LogP contribution in [0.25, 0.3) is 10.6 Å². The molecule has 11 heteroatoms. The molecule has 0 bridgehead atoms. The van der Waals surface area contributed by atoms with Gasteiger partial charge in [-0.1, -0.05) is 11.6 Å². The van der Waals surface area contributed by atoms with Crippen LogP contribution in [0.15, 0.2) is 53.0 Å². The highest BCUT2D eigenvalue weighted by Crippen LogP contribution is 2.28. The van der Waals surface area contributed by atoms with Crippen LogP contribution >= 0.6 is 22.9 Å². The number of hydrogen-bond donors (Lipinski definition) is 1. The molecule has 1 aliphatic heterocycles. The fraction of sp³-hybridized carbons (Fsp3) is 0.250. The summed E-state index contributed by atoms with van der Waals surface area (Å²) < 4.78 is 32.4. The molecular formula is C20H19ClN4O4S2. The van der Waals surface area contributed by atoms with Gasteiger partial charge in [0.2, 0.25) is 15.9 Å². The van der Waals surface area contributed by atoms with Crippen LogP contribution in [0.3, 0.4) is 0 Å². The van der Waals surface area contributed by atoms with Crippen molar-refractivity contribution in [3.05, 3.63) is 58.8 Å². The van der Waals surface area contributed by atoms with Crippen molar-refractivity contribution in [1.82, 2.24) is 14.3 Å². The predicted octanol–water partition coefficient (Wildman–Crippen LogP) is 3.06. The number of aromatic nitrogens is 2. The lowest BCUT2D eigenvalue weighted by atomic mass is 10.2. The van der Waals surface area contributed by atoms with E-state index in [1.807, 2.05) is 17.5 Å². The van der Waals surface area contributed by atoms with Gasteiger partial charge in [0.25, 0.3) is 0 Å². The fourth-order valence-electron chi connectivity index (χ4n) is 3.08. The van der Waals surface area contributed by atoms with Crippen LogP contribution in [-0.2, 0) is 26.0 Å². The molecule has 0 atom stereocenters. The van der Waals surface area contributed by atoms with Crippen LogP contribution < -0.4 is 5.32 Å². The summed E-state index contributed by atoms with van der Waals surface area (Å²) in [6.45, 7) is 1.20. The molecule has 162 valence electrons. The van der Waals surface area contributed by atoms with Gasteiger partial charge in [0, 0.05) is 42.1 Å². The Hall–Kier alpha value is -2.37. The quantitative estimate of drug-likeness (QED) is 0.584. The fourth-order valence-corrected chi connectivity index (χ4v) is 5.80. The molecule has 0 spiro atoms. The molecule has 8 nitrogen and oxygen atoms in total. The number of sulfonamides is 1. The van der Waals surface area contributed by atoms with E-state index >= 15 is 0 Å². The molecule has 3 heterocycles. The van der Waals surface area contributed by atoms with Crippen LogP contribution in [0, 0.1) is 0 Å². The third-order valence-electron chi connectivity index (χ3n) is 4.60. The van der Waals surface area contributed by atoms with Crippen LogP contribution in [0.4, 0.5) is 5.69 Å². The summed E-state index contributed by atoms with van der Waals surface area (Å²) in [5.74, 6) is -0.305. The number of hydrogen-bond acceptors (Lipinski definition) is 7. The summed E-state index contributed by atoms with van der Waals surface area (Å²) >= 11 is 7.59. The third kappa shape index (κ3) is 5.10. The molecule has 1 aromatic carbocycles. The van der Waals surface area contributed by atoms with Crippen molar-refractivity contribution >= 4 is 44.6 Å². The number of pyridine rings is 1. The van der Waals surface area contributed by atoms with Gasteiger partial charge in [0.05, 0.1) is 30.4 Å². The Morgan fingerprint density at radius 3 is 2.81 bits per heavy atom. The lowest BCUT2D eigenvalue weighted by Gasteiger charge is -2.26. The lowest BCUT2D eigenvalue weighted by Crippen LogP contribution is -2.40. The highest BCUT2D eigenvalue weighted by molar-refractivity contribution is 7.89. The Bertz CT molecular complexity index is 1180. The topological polar surface area (TPSA) is 101 Å². The first-order valence-corrected chi connectivity index (χ1v) is 12.2. The zero-order valence-corrected chi connectivity index (χ0v) is 18.7. The lowest BCUT2D eigenvalue weighted by molar-refractivity contribution is -0.115. The van der Waals surface area contributed by atoms with Gasteiger partial charge in [-0.15, -0.1) is 11.3 Å². The van der Waals surface area contributed by atoms with Crippen LogP contribution in [-0.4, -0.2) is 54.9 Å². The summed E-state index contributed by atoms with van der Waals surface area (Å²) in [6.07, 6.45) is 3.46. The second-order valence-corrected chi connectivity index (χ2v) is 9.94. The number of anilines is 1. The van der Waals surface area contributed by atoms with Crippen molar-refractivity contribution < 1.29 is 17.9 Å². The summed E-state index contributed by atoms with van der Waals surface area (Å²) in [5, 5.41) is 5.43. The minimum Gasteiger partial charge on any atom is -0.379 e. The van der Waals surface area contributed by atoms with E-state index in [1.165, 1.54) is 27.8 Å². The number of nitrogens with zero attached hydrogens (tertiary/aromatic N) is 3. The first-order valence-electron chi connectivity index (χ1n) is 9.45. The van der Waals surface area contributed by atoms with E-state index in [0.717, 1.165) is 10.6 Å². The van der Waals surface area contributed by atoms with Crippen LogP contribution in [0.5, 0.6) is 0 Å². The standard InChI is InChI=1S/C20H19ClN4O4S2/c21-17-4-3-15(10-18(17)31(27,28)25-6-8-29-9-7-25)23-19(26)11-16-13-30-20(24-16)14-2-1-5-22-12-14/h1-5,10,12-13H,6-9,11H2,(H,23,26). The van der Waals surface area contributed by atoms with Crippen LogP contribution in [0.2, 0.25) is 5.02 Å². The van der Waals surface area contributed by atoms with Gasteiger partial charge in [-0.3, -0.25) is 9.78 Å². The van der Waals surface area contributed by atoms with E-state index in [4.69, 9.17) is 16.3 Å². The Kier molecular flexibility index (Phi) is 6.63. The largest absolute Gasteiger partial charge is 0.379 e. The van der Waals surface area contributed by atoms with Gasteiger partial charge in [0.1, 0.15) is 9.90 Å². The van der Waals surface area contributed by atoms with Crippen molar-refractivity contribution in [3.8, 4) is 10.6 Å². The molecule has 0 saturated carbocycles. The minimum atomic E-state index is -3.78. The maximum atomic E-state index is 12.9. The van der Waals surface area contributed by atoms with E-state index in [1.54, 1.807) is 18.5 Å². The van der Waals surface area contributed by atoms with Gasteiger partial charge < -0.3 is 10.1 Å². The SMILES string of the molecule is O=C(Cc1csc(-c2cccnc2)n1)Nc1ccc(Cl)c(S(=O)(=O)N2CCOCC2)c1. The number of amides is 1. The monoisotopic (exact) mass is 478 g/mol. The molecule has 4 rings (SSSR count). The summed E-state index contributed by atoms with van der Waals surface area (Å²) in [6, 6.07) is 8.15. The second kappa shape index (κ2) is 9.41. The minimum absolute atomic E-state index is 0.0404. The number of morpholine rings is 1. The normalized spacial score (nSPS) is 15.0. The molecule has 1 aliphatic rings. The maximum Gasteiger partial charge on any atom is 0.244 e. The Morgan fingerprint density at radius 1 is 1.26 bits per heavy atom. The van der Waals surface area contributed by atoms with Crippen molar-refractivity contribution in [1.29, 1.82) is 0 Å². The van der Waals surface area contributed by atoms with E-state index in [9.17, 15) is 13.2 Å². The van der Waals surface area contributed by atoms with Gasteiger partial charge in [-0.25, -0.2) is 13.4 Å². The summed E-state index contributed by atoms with van der Waals surface area (Å²) in [5.41, 5.74) is 1.86. The third-order valence-corrected chi connectivity index (χ3v) is 7.93. The van der Waals surface area contributed by atoms with E-state index < -0.39 is 10.0 Å². The van der Waals surface area contributed by atoms with Gasteiger partial charge >= 0.3 is 0 Å². The molecule has 1 N–H and O–H groups in total. The molecule has 1 fully saturated rings. The van der Waals surface area contributed by atoms with E-state index in [0.29, 0.717) is 24.6 Å². The average Bonchev–Trinajstić information content (AvgIpc) is 3.24. The van der Waals surface area contributed by atoms with Crippen molar-refractivity contribution in [2.75, 3.05) is 31.6 Å². The van der Waals surface area contributed by atoms with Crippen LogP contribution in [0.1, 0.15) is 5.69 Å². The number of nitrogens with one attached hydrogen (secondary N) is 1. The van der Waals surface area contributed by atoms with Gasteiger partial charge in [-0.2, -0.15) is 4.31 Å². The highest BCUT2D eigenvalue weighted by atomic mass is 35.5. The molecule has 0 aliphatic carbocycles. The molecule has 2 aromatic heterocycles. The van der Waals surface area contributed by atoms with Crippen molar-refractivity contribution in [2.45, 2.75) is 11.3 Å². The smallest absolute Gasteiger partial charge is 0.244 e. The average molecular weight is 479 g/mol. The first-order chi connectivity index (χ1) is 14.9. The Balaban J connectivity index is 1.47. The number of thiazole rings is 1. The summed E-state index contributed by atoms with van der Waals surface area (Å²) in [4.78, 5) is 21.0. The number of halogens is 1. The molecule has 3 aromatic rings. The Labute approximate surface area is 188 Å². The Morgan fingerprint density at radius 2 is 2.06 bits per heavy atom. The number of benzene rings is 1. The number of ether oxygens (including phenoxy) is 1. The predicted molar refractivity (Wildman–Crippen MR) is 119 cm³/mol. The number of carbonyl (C=O) groups excluding carboxylic acids is 1. The first kappa shape index (κ1) is 21.8. The molecule has 0 radical (unpaired) electrons. The van der Waals surface area contributed by atoms with Crippen molar-refractivity contribution in [2.24, 2.45) is 0 Å².